The monoisotopic (exact) mass is 261 g/mol. The third-order valence-electron chi connectivity index (χ3n) is 3.16. The van der Waals surface area contributed by atoms with Crippen molar-refractivity contribution in [3.63, 3.8) is 0 Å². The maximum atomic E-state index is 5.77. The highest BCUT2D eigenvalue weighted by atomic mass is 32.1. The van der Waals surface area contributed by atoms with Crippen LogP contribution in [0.5, 0.6) is 0 Å². The molecule has 2 N–H and O–H groups in total. The fraction of sp³-hybridized carbons (Fsp3) is 0.385. The molecule has 2 aromatic rings. The smallest absolute Gasteiger partial charge is 0.142 e. The van der Waals surface area contributed by atoms with E-state index in [1.54, 1.807) is 23.6 Å². The molecule has 5 heteroatoms. The molecule has 0 aromatic carbocycles. The van der Waals surface area contributed by atoms with Crippen molar-refractivity contribution < 1.29 is 4.74 Å². The fourth-order valence-corrected chi connectivity index (χ4v) is 3.02. The van der Waals surface area contributed by atoms with Crippen molar-refractivity contribution in [1.82, 2.24) is 9.97 Å². The molecule has 1 aliphatic heterocycles. The van der Waals surface area contributed by atoms with Gasteiger partial charge < -0.3 is 10.5 Å². The highest BCUT2D eigenvalue weighted by molar-refractivity contribution is 7.13. The minimum Gasteiger partial charge on any atom is -0.399 e. The SMILES string of the molecule is Nc1ccnc(-c2nc(C3CCOCC3)cs2)c1. The number of hydrogen-bond donors (Lipinski definition) is 1. The molecule has 0 spiro atoms. The van der Waals surface area contributed by atoms with Gasteiger partial charge in [-0.05, 0) is 25.0 Å². The lowest BCUT2D eigenvalue weighted by molar-refractivity contribution is 0.0846. The zero-order chi connectivity index (χ0) is 12.4. The second-order valence-electron chi connectivity index (χ2n) is 4.44. The number of ether oxygens (including phenoxy) is 1. The first kappa shape index (κ1) is 11.6. The van der Waals surface area contributed by atoms with Crippen molar-refractivity contribution in [3.8, 4) is 10.7 Å². The minimum atomic E-state index is 0.532. The summed E-state index contributed by atoms with van der Waals surface area (Å²) in [5, 5.41) is 3.08. The molecule has 0 aliphatic carbocycles. The molecular weight excluding hydrogens is 246 g/mol. The summed E-state index contributed by atoms with van der Waals surface area (Å²) in [6.07, 6.45) is 3.85. The molecular formula is C13H15N3OS. The van der Waals surface area contributed by atoms with Gasteiger partial charge in [0.1, 0.15) is 10.7 Å². The molecule has 0 radical (unpaired) electrons. The summed E-state index contributed by atoms with van der Waals surface area (Å²) >= 11 is 1.64. The first-order valence-corrected chi connectivity index (χ1v) is 6.96. The van der Waals surface area contributed by atoms with Crippen molar-refractivity contribution in [1.29, 1.82) is 0 Å². The summed E-state index contributed by atoms with van der Waals surface area (Å²) < 4.78 is 5.38. The Morgan fingerprint density at radius 1 is 1.33 bits per heavy atom. The average Bonchev–Trinajstić information content (AvgIpc) is 2.89. The van der Waals surface area contributed by atoms with Gasteiger partial charge in [0.05, 0.1) is 5.69 Å². The normalized spacial score (nSPS) is 16.9. The van der Waals surface area contributed by atoms with E-state index in [1.165, 1.54) is 5.69 Å². The van der Waals surface area contributed by atoms with Gasteiger partial charge in [0.25, 0.3) is 0 Å². The zero-order valence-electron chi connectivity index (χ0n) is 10.0. The topological polar surface area (TPSA) is 61.0 Å². The molecule has 0 atom stereocenters. The fourth-order valence-electron chi connectivity index (χ4n) is 2.15. The number of pyridine rings is 1. The number of nitrogen functional groups attached to an aromatic ring is 1. The molecule has 3 heterocycles. The third-order valence-corrected chi connectivity index (χ3v) is 4.05. The molecule has 0 saturated carbocycles. The summed E-state index contributed by atoms with van der Waals surface area (Å²) in [5.41, 5.74) is 8.52. The van der Waals surface area contributed by atoms with Gasteiger partial charge in [-0.3, -0.25) is 4.98 Å². The van der Waals surface area contributed by atoms with Crippen LogP contribution < -0.4 is 5.73 Å². The Hall–Kier alpha value is -1.46. The van der Waals surface area contributed by atoms with E-state index < -0.39 is 0 Å². The first-order valence-electron chi connectivity index (χ1n) is 6.08. The summed E-state index contributed by atoms with van der Waals surface area (Å²) in [6.45, 7) is 1.68. The lowest BCUT2D eigenvalue weighted by Gasteiger charge is -2.19. The maximum Gasteiger partial charge on any atom is 0.142 e. The molecule has 1 fully saturated rings. The van der Waals surface area contributed by atoms with E-state index in [9.17, 15) is 0 Å². The minimum absolute atomic E-state index is 0.532. The summed E-state index contributed by atoms with van der Waals surface area (Å²) in [6, 6.07) is 3.66. The first-order chi connectivity index (χ1) is 8.83. The number of anilines is 1. The number of nitrogens with zero attached hydrogens (tertiary/aromatic N) is 2. The lowest BCUT2D eigenvalue weighted by atomic mass is 9.98. The Morgan fingerprint density at radius 2 is 2.17 bits per heavy atom. The van der Waals surface area contributed by atoms with E-state index in [2.05, 4.69) is 10.4 Å². The molecule has 1 aliphatic rings. The maximum absolute atomic E-state index is 5.77. The third kappa shape index (κ3) is 2.37. The van der Waals surface area contributed by atoms with E-state index in [-0.39, 0.29) is 0 Å². The van der Waals surface area contributed by atoms with E-state index >= 15 is 0 Å². The van der Waals surface area contributed by atoms with Crippen molar-refractivity contribution in [2.75, 3.05) is 18.9 Å². The Balaban J connectivity index is 1.84. The van der Waals surface area contributed by atoms with Crippen LogP contribution in [0.25, 0.3) is 10.7 Å². The second-order valence-corrected chi connectivity index (χ2v) is 5.30. The van der Waals surface area contributed by atoms with Crippen LogP contribution in [0.2, 0.25) is 0 Å². The van der Waals surface area contributed by atoms with Crippen LogP contribution in [-0.2, 0) is 4.74 Å². The predicted molar refractivity (Wildman–Crippen MR) is 72.6 cm³/mol. The molecule has 18 heavy (non-hydrogen) atoms. The van der Waals surface area contributed by atoms with E-state index in [0.717, 1.165) is 42.4 Å². The van der Waals surface area contributed by atoms with Crippen LogP contribution in [0.3, 0.4) is 0 Å². The van der Waals surface area contributed by atoms with E-state index in [4.69, 9.17) is 15.5 Å². The highest BCUT2D eigenvalue weighted by Crippen LogP contribution is 2.31. The van der Waals surface area contributed by atoms with Crippen molar-refractivity contribution in [2.24, 2.45) is 0 Å². The van der Waals surface area contributed by atoms with Crippen LogP contribution in [-0.4, -0.2) is 23.2 Å². The van der Waals surface area contributed by atoms with Gasteiger partial charge in [-0.1, -0.05) is 0 Å². The van der Waals surface area contributed by atoms with Crippen LogP contribution >= 0.6 is 11.3 Å². The van der Waals surface area contributed by atoms with Crippen molar-refractivity contribution >= 4 is 17.0 Å². The Bertz CT molecular complexity index is 535. The highest BCUT2D eigenvalue weighted by Gasteiger charge is 2.19. The molecule has 1 saturated heterocycles. The molecule has 0 unspecified atom stereocenters. The van der Waals surface area contributed by atoms with E-state index in [0.29, 0.717) is 5.92 Å². The predicted octanol–water partition coefficient (Wildman–Crippen LogP) is 2.68. The van der Waals surface area contributed by atoms with Gasteiger partial charge in [0, 0.05) is 36.4 Å². The summed E-state index contributed by atoms with van der Waals surface area (Å²) in [4.78, 5) is 9.00. The number of aromatic nitrogens is 2. The Morgan fingerprint density at radius 3 is 2.94 bits per heavy atom. The van der Waals surface area contributed by atoms with Gasteiger partial charge in [-0.25, -0.2) is 4.98 Å². The molecule has 4 nitrogen and oxygen atoms in total. The summed E-state index contributed by atoms with van der Waals surface area (Å²) in [5.74, 6) is 0.532. The van der Waals surface area contributed by atoms with Gasteiger partial charge in [-0.15, -0.1) is 11.3 Å². The molecule has 0 amide bonds. The Kier molecular flexibility index (Phi) is 3.25. The lowest BCUT2D eigenvalue weighted by Crippen LogP contribution is -2.14. The van der Waals surface area contributed by atoms with Crippen LogP contribution in [0, 0.1) is 0 Å². The van der Waals surface area contributed by atoms with Crippen LogP contribution in [0.4, 0.5) is 5.69 Å². The molecule has 0 bridgehead atoms. The van der Waals surface area contributed by atoms with Gasteiger partial charge in [0.15, 0.2) is 0 Å². The van der Waals surface area contributed by atoms with Crippen LogP contribution in [0.1, 0.15) is 24.5 Å². The van der Waals surface area contributed by atoms with Gasteiger partial charge in [-0.2, -0.15) is 0 Å². The standard InChI is InChI=1S/C13H15N3OS/c14-10-1-4-15-11(7-10)13-16-12(8-18-13)9-2-5-17-6-3-9/h1,4,7-9H,2-3,5-6H2,(H2,14,15). The number of nitrogens with two attached hydrogens (primary N) is 1. The second kappa shape index (κ2) is 5.04. The summed E-state index contributed by atoms with van der Waals surface area (Å²) in [7, 11) is 0. The van der Waals surface area contributed by atoms with E-state index in [1.807, 2.05) is 6.07 Å². The molecule has 94 valence electrons. The van der Waals surface area contributed by atoms with Crippen LogP contribution in [0.15, 0.2) is 23.7 Å². The molecule has 2 aromatic heterocycles. The molecule has 3 rings (SSSR count). The average molecular weight is 261 g/mol. The zero-order valence-corrected chi connectivity index (χ0v) is 10.8. The number of thiazole rings is 1. The largest absolute Gasteiger partial charge is 0.399 e. The van der Waals surface area contributed by atoms with Gasteiger partial charge in [0.2, 0.25) is 0 Å². The van der Waals surface area contributed by atoms with Gasteiger partial charge >= 0.3 is 0 Å². The van der Waals surface area contributed by atoms with Crippen molar-refractivity contribution in [3.05, 3.63) is 29.4 Å². The quantitative estimate of drug-likeness (QED) is 0.903. The Labute approximate surface area is 110 Å². The van der Waals surface area contributed by atoms with Crippen molar-refractivity contribution in [2.45, 2.75) is 18.8 Å². The number of hydrogen-bond acceptors (Lipinski definition) is 5. The number of rotatable bonds is 2.